The SMILES string of the molecule is Cc1cc(S(C)(=O)=O)c(Cn2cc3ccc(C#N)c(O)c3n2)c2cc[nH]c12. The number of sulfone groups is 1. The largest absolute Gasteiger partial charge is 0.504 e. The van der Waals surface area contributed by atoms with Crippen LogP contribution in [0.1, 0.15) is 16.7 Å². The van der Waals surface area contributed by atoms with Crippen LogP contribution in [0.4, 0.5) is 0 Å². The number of aromatic amines is 1. The summed E-state index contributed by atoms with van der Waals surface area (Å²) in [4.78, 5) is 3.40. The number of aromatic hydroxyl groups is 1. The number of nitriles is 1. The highest BCUT2D eigenvalue weighted by atomic mass is 32.2. The van der Waals surface area contributed by atoms with Gasteiger partial charge in [-0.15, -0.1) is 0 Å². The molecule has 0 saturated carbocycles. The topological polar surface area (TPSA) is 112 Å². The first-order valence-corrected chi connectivity index (χ1v) is 10.1. The number of hydrogen-bond acceptors (Lipinski definition) is 5. The van der Waals surface area contributed by atoms with Crippen LogP contribution in [0, 0.1) is 18.3 Å². The van der Waals surface area contributed by atoms with Crippen molar-refractivity contribution in [1.29, 1.82) is 5.26 Å². The first kappa shape index (κ1) is 17.1. The van der Waals surface area contributed by atoms with E-state index in [1.54, 1.807) is 29.2 Å². The number of aromatic nitrogens is 3. The summed E-state index contributed by atoms with van der Waals surface area (Å²) in [6.45, 7) is 2.08. The smallest absolute Gasteiger partial charge is 0.175 e. The normalized spacial score (nSPS) is 11.9. The van der Waals surface area contributed by atoms with E-state index in [1.807, 2.05) is 19.1 Å². The average molecular weight is 380 g/mol. The molecular weight excluding hydrogens is 364 g/mol. The third kappa shape index (κ3) is 2.73. The second-order valence-electron chi connectivity index (χ2n) is 6.55. The number of nitrogens with one attached hydrogen (secondary N) is 1. The van der Waals surface area contributed by atoms with Crippen molar-refractivity contribution in [2.24, 2.45) is 0 Å². The summed E-state index contributed by atoms with van der Waals surface area (Å²) in [5.74, 6) is -0.173. The first-order chi connectivity index (χ1) is 12.8. The van der Waals surface area contributed by atoms with Crippen LogP contribution in [-0.2, 0) is 16.4 Å². The first-order valence-electron chi connectivity index (χ1n) is 8.18. The number of H-pyrrole nitrogens is 1. The van der Waals surface area contributed by atoms with Crippen LogP contribution in [-0.4, -0.2) is 34.5 Å². The molecule has 0 aliphatic carbocycles. The highest BCUT2D eigenvalue weighted by molar-refractivity contribution is 7.90. The monoisotopic (exact) mass is 380 g/mol. The van der Waals surface area contributed by atoms with Gasteiger partial charge < -0.3 is 10.1 Å². The van der Waals surface area contributed by atoms with Crippen LogP contribution in [0.15, 0.2) is 41.6 Å². The molecule has 0 unspecified atom stereocenters. The van der Waals surface area contributed by atoms with Crippen molar-refractivity contribution in [3.05, 3.63) is 53.3 Å². The number of rotatable bonds is 3. The Morgan fingerprint density at radius 2 is 2.11 bits per heavy atom. The van der Waals surface area contributed by atoms with E-state index in [2.05, 4.69) is 10.1 Å². The lowest BCUT2D eigenvalue weighted by Gasteiger charge is -2.12. The molecule has 0 amide bonds. The summed E-state index contributed by atoms with van der Waals surface area (Å²) in [7, 11) is -3.44. The number of nitrogens with zero attached hydrogens (tertiary/aromatic N) is 3. The van der Waals surface area contributed by atoms with Gasteiger partial charge in [0.25, 0.3) is 0 Å². The van der Waals surface area contributed by atoms with Gasteiger partial charge in [0.2, 0.25) is 0 Å². The number of phenols is 1. The minimum Gasteiger partial charge on any atom is -0.504 e. The van der Waals surface area contributed by atoms with Gasteiger partial charge in [0, 0.05) is 40.5 Å². The van der Waals surface area contributed by atoms with E-state index in [4.69, 9.17) is 5.26 Å². The van der Waals surface area contributed by atoms with Gasteiger partial charge in [-0.05, 0) is 36.8 Å². The van der Waals surface area contributed by atoms with E-state index in [0.717, 1.165) is 16.5 Å². The van der Waals surface area contributed by atoms with E-state index >= 15 is 0 Å². The van der Waals surface area contributed by atoms with Gasteiger partial charge in [-0.2, -0.15) is 10.4 Å². The fourth-order valence-electron chi connectivity index (χ4n) is 3.39. The highest BCUT2D eigenvalue weighted by Crippen LogP contribution is 2.31. The standard InChI is InChI=1S/C19H16N4O3S/c1-11-7-16(27(2,25)26)15(14-5-6-21-17(11)14)10-23-9-13-4-3-12(8-20)19(24)18(13)22-23/h3-7,9,21,24H,10H2,1-2H3. The van der Waals surface area contributed by atoms with Crippen molar-refractivity contribution in [3.63, 3.8) is 0 Å². The van der Waals surface area contributed by atoms with Gasteiger partial charge in [0.1, 0.15) is 11.6 Å². The molecule has 4 aromatic rings. The Balaban J connectivity index is 1.93. The van der Waals surface area contributed by atoms with E-state index in [0.29, 0.717) is 16.5 Å². The zero-order valence-corrected chi connectivity index (χ0v) is 15.5. The molecule has 2 heterocycles. The van der Waals surface area contributed by atoms with Crippen LogP contribution >= 0.6 is 0 Å². The van der Waals surface area contributed by atoms with Crippen molar-refractivity contribution in [1.82, 2.24) is 14.8 Å². The Kier molecular flexibility index (Phi) is 3.71. The number of aryl methyl sites for hydroxylation is 1. The van der Waals surface area contributed by atoms with Gasteiger partial charge in [0.15, 0.2) is 15.6 Å². The lowest BCUT2D eigenvalue weighted by Crippen LogP contribution is -2.08. The Morgan fingerprint density at radius 1 is 1.33 bits per heavy atom. The molecule has 0 fully saturated rings. The molecule has 8 heteroatoms. The van der Waals surface area contributed by atoms with Gasteiger partial charge >= 0.3 is 0 Å². The minimum absolute atomic E-state index is 0.146. The molecule has 0 bridgehead atoms. The Bertz CT molecular complexity index is 1360. The number of benzene rings is 2. The van der Waals surface area contributed by atoms with Crippen molar-refractivity contribution in [2.45, 2.75) is 18.4 Å². The van der Waals surface area contributed by atoms with E-state index in [9.17, 15) is 13.5 Å². The van der Waals surface area contributed by atoms with Gasteiger partial charge in [0.05, 0.1) is 17.0 Å². The van der Waals surface area contributed by atoms with E-state index in [-0.39, 0.29) is 22.8 Å². The van der Waals surface area contributed by atoms with Crippen LogP contribution in [0.5, 0.6) is 5.75 Å². The summed E-state index contributed by atoms with van der Waals surface area (Å²) in [6, 6.07) is 8.67. The lowest BCUT2D eigenvalue weighted by atomic mass is 10.1. The fourth-order valence-corrected chi connectivity index (χ4v) is 4.40. The Morgan fingerprint density at radius 3 is 2.81 bits per heavy atom. The van der Waals surface area contributed by atoms with Crippen LogP contribution < -0.4 is 0 Å². The third-order valence-electron chi connectivity index (χ3n) is 4.65. The summed E-state index contributed by atoms with van der Waals surface area (Å²) in [5.41, 5.74) is 2.82. The molecule has 2 aromatic heterocycles. The van der Waals surface area contributed by atoms with Crippen LogP contribution in [0.2, 0.25) is 0 Å². The quantitative estimate of drug-likeness (QED) is 0.568. The van der Waals surface area contributed by atoms with Crippen molar-refractivity contribution in [2.75, 3.05) is 6.26 Å². The lowest BCUT2D eigenvalue weighted by molar-refractivity contribution is 0.477. The number of fused-ring (bicyclic) bond motifs is 2. The summed E-state index contributed by atoms with van der Waals surface area (Å²) >= 11 is 0. The van der Waals surface area contributed by atoms with Gasteiger partial charge in [-0.1, -0.05) is 0 Å². The molecule has 0 aliphatic rings. The fraction of sp³-hybridized carbons (Fsp3) is 0.158. The van der Waals surface area contributed by atoms with Crippen molar-refractivity contribution in [3.8, 4) is 11.8 Å². The van der Waals surface area contributed by atoms with Crippen molar-refractivity contribution < 1.29 is 13.5 Å². The zero-order valence-electron chi connectivity index (χ0n) is 14.7. The summed E-state index contributed by atoms with van der Waals surface area (Å²) in [6.07, 6.45) is 4.69. The zero-order chi connectivity index (χ0) is 19.3. The van der Waals surface area contributed by atoms with Gasteiger partial charge in [-0.3, -0.25) is 4.68 Å². The maximum absolute atomic E-state index is 12.4. The minimum atomic E-state index is -3.44. The Hall–Kier alpha value is -3.31. The van der Waals surface area contributed by atoms with E-state index in [1.165, 1.54) is 12.3 Å². The molecule has 4 rings (SSSR count). The maximum Gasteiger partial charge on any atom is 0.175 e. The Labute approximate surface area is 155 Å². The number of hydrogen-bond donors (Lipinski definition) is 2. The predicted octanol–water partition coefficient (Wildman–Crippen LogP) is 2.86. The average Bonchev–Trinajstić information content (AvgIpc) is 3.24. The molecule has 2 aromatic carbocycles. The second-order valence-corrected chi connectivity index (χ2v) is 8.53. The molecule has 136 valence electrons. The number of phenolic OH excluding ortho intramolecular Hbond substituents is 1. The molecule has 0 spiro atoms. The molecule has 2 N–H and O–H groups in total. The van der Waals surface area contributed by atoms with Crippen LogP contribution in [0.3, 0.4) is 0 Å². The summed E-state index contributed by atoms with van der Waals surface area (Å²) < 4.78 is 26.3. The molecule has 0 radical (unpaired) electrons. The molecule has 0 atom stereocenters. The molecule has 27 heavy (non-hydrogen) atoms. The van der Waals surface area contributed by atoms with Crippen LogP contribution in [0.25, 0.3) is 21.8 Å². The molecular formula is C19H16N4O3S. The third-order valence-corrected chi connectivity index (χ3v) is 5.81. The summed E-state index contributed by atoms with van der Waals surface area (Å²) in [5, 5.41) is 25.1. The molecule has 7 nitrogen and oxygen atoms in total. The van der Waals surface area contributed by atoms with Crippen molar-refractivity contribution >= 4 is 31.6 Å². The highest BCUT2D eigenvalue weighted by Gasteiger charge is 2.20. The molecule has 0 saturated heterocycles. The van der Waals surface area contributed by atoms with Gasteiger partial charge in [-0.25, -0.2) is 8.42 Å². The molecule has 0 aliphatic heterocycles. The predicted molar refractivity (Wildman–Crippen MR) is 101 cm³/mol. The van der Waals surface area contributed by atoms with E-state index < -0.39 is 9.84 Å². The maximum atomic E-state index is 12.4. The second kappa shape index (κ2) is 5.86.